The second-order valence-corrected chi connectivity index (χ2v) is 4.80. The highest BCUT2D eigenvalue weighted by atomic mass is 19.4. The van der Waals surface area contributed by atoms with Crippen LogP contribution >= 0.6 is 0 Å². The molecular weight excluding hydrogens is 307 g/mol. The van der Waals surface area contributed by atoms with Crippen molar-refractivity contribution in [2.24, 2.45) is 0 Å². The van der Waals surface area contributed by atoms with E-state index in [4.69, 9.17) is 10.5 Å². The second kappa shape index (κ2) is 5.68. The van der Waals surface area contributed by atoms with Crippen LogP contribution in [-0.4, -0.2) is 10.2 Å². The average Bonchev–Trinajstić information content (AvgIpc) is 2.90. The molecule has 0 aliphatic rings. The number of nitrogens with zero attached hydrogens (tertiary/aromatic N) is 1. The number of hydrogen-bond donors (Lipinski definition) is 2. The molecule has 1 aromatic heterocycles. The van der Waals surface area contributed by atoms with Gasteiger partial charge in [0.05, 0.1) is 5.56 Å². The Hall–Kier alpha value is -2.96. The van der Waals surface area contributed by atoms with Gasteiger partial charge in [-0.2, -0.15) is 18.3 Å². The molecule has 7 heteroatoms. The Morgan fingerprint density at radius 3 is 2.35 bits per heavy atom. The van der Waals surface area contributed by atoms with Crippen LogP contribution in [0.4, 0.5) is 19.0 Å². The van der Waals surface area contributed by atoms with E-state index < -0.39 is 11.9 Å². The number of H-pyrrole nitrogens is 1. The van der Waals surface area contributed by atoms with Crippen LogP contribution in [0.15, 0.2) is 54.6 Å². The zero-order chi connectivity index (χ0) is 16.4. The number of benzene rings is 2. The number of aromatic amines is 1. The fourth-order valence-electron chi connectivity index (χ4n) is 2.19. The number of rotatable bonds is 3. The lowest BCUT2D eigenvalue weighted by atomic mass is 10.0. The molecule has 4 nitrogen and oxygen atoms in total. The Morgan fingerprint density at radius 1 is 0.957 bits per heavy atom. The molecule has 0 unspecified atom stereocenters. The lowest BCUT2D eigenvalue weighted by Gasteiger charge is -2.10. The smallest absolute Gasteiger partial charge is 0.433 e. The topological polar surface area (TPSA) is 63.9 Å². The monoisotopic (exact) mass is 319 g/mol. The first-order chi connectivity index (χ1) is 10.9. The van der Waals surface area contributed by atoms with Crippen LogP contribution in [0, 0.1) is 0 Å². The minimum atomic E-state index is -4.57. The van der Waals surface area contributed by atoms with Crippen LogP contribution in [-0.2, 0) is 6.18 Å². The molecule has 1 heterocycles. The van der Waals surface area contributed by atoms with Gasteiger partial charge in [0.25, 0.3) is 0 Å². The van der Waals surface area contributed by atoms with E-state index in [1.54, 1.807) is 36.4 Å². The Bertz CT molecular complexity index is 813. The Kier molecular flexibility index (Phi) is 3.69. The number of anilines is 1. The van der Waals surface area contributed by atoms with Gasteiger partial charge in [0.1, 0.15) is 17.2 Å². The predicted octanol–water partition coefficient (Wildman–Crippen LogP) is 4.47. The quantitative estimate of drug-likeness (QED) is 0.748. The number of hydrogen-bond acceptors (Lipinski definition) is 3. The summed E-state index contributed by atoms with van der Waals surface area (Å²) in [6, 6.07) is 15.2. The molecule has 0 aliphatic heterocycles. The van der Waals surface area contributed by atoms with Crippen molar-refractivity contribution in [2.75, 3.05) is 5.73 Å². The Balaban J connectivity index is 1.99. The lowest BCUT2D eigenvalue weighted by Crippen LogP contribution is -2.07. The van der Waals surface area contributed by atoms with Crippen molar-refractivity contribution in [1.82, 2.24) is 10.2 Å². The Labute approximate surface area is 129 Å². The van der Waals surface area contributed by atoms with Crippen molar-refractivity contribution in [3.05, 3.63) is 60.3 Å². The van der Waals surface area contributed by atoms with Gasteiger partial charge >= 0.3 is 6.18 Å². The number of halogens is 3. The van der Waals surface area contributed by atoms with Gasteiger partial charge < -0.3 is 10.5 Å². The molecule has 3 rings (SSSR count). The molecule has 0 amide bonds. The van der Waals surface area contributed by atoms with Gasteiger partial charge in [-0.15, -0.1) is 0 Å². The van der Waals surface area contributed by atoms with Gasteiger partial charge in [-0.25, -0.2) is 0 Å². The van der Waals surface area contributed by atoms with Crippen LogP contribution < -0.4 is 10.5 Å². The molecule has 0 aliphatic carbocycles. The van der Waals surface area contributed by atoms with Gasteiger partial charge in [0.2, 0.25) is 0 Å². The summed E-state index contributed by atoms with van der Waals surface area (Å²) in [5.41, 5.74) is 4.70. The minimum Gasteiger partial charge on any atom is -0.457 e. The average molecular weight is 319 g/mol. The summed E-state index contributed by atoms with van der Waals surface area (Å²) in [5, 5.41) is 5.41. The molecule has 0 spiro atoms. The first-order valence-electron chi connectivity index (χ1n) is 6.69. The molecule has 0 bridgehead atoms. The van der Waals surface area contributed by atoms with Crippen molar-refractivity contribution in [3.8, 4) is 22.6 Å². The van der Waals surface area contributed by atoms with Gasteiger partial charge in [0, 0.05) is 0 Å². The van der Waals surface area contributed by atoms with Gasteiger partial charge in [0.15, 0.2) is 5.82 Å². The maximum Gasteiger partial charge on any atom is 0.433 e. The zero-order valence-corrected chi connectivity index (χ0v) is 11.8. The van der Waals surface area contributed by atoms with Crippen molar-refractivity contribution < 1.29 is 17.9 Å². The fourth-order valence-corrected chi connectivity index (χ4v) is 2.19. The molecule has 118 valence electrons. The zero-order valence-electron chi connectivity index (χ0n) is 11.8. The number of aromatic nitrogens is 2. The second-order valence-electron chi connectivity index (χ2n) is 4.80. The maximum atomic E-state index is 13.0. The van der Waals surface area contributed by atoms with Crippen LogP contribution in [0.1, 0.15) is 5.69 Å². The summed E-state index contributed by atoms with van der Waals surface area (Å²) in [4.78, 5) is 0. The van der Waals surface area contributed by atoms with E-state index in [0.717, 1.165) is 0 Å². The molecule has 0 radical (unpaired) electrons. The lowest BCUT2D eigenvalue weighted by molar-refractivity contribution is -0.140. The summed E-state index contributed by atoms with van der Waals surface area (Å²) in [7, 11) is 0. The molecule has 0 atom stereocenters. The summed E-state index contributed by atoms with van der Waals surface area (Å²) in [6.45, 7) is 0. The summed E-state index contributed by atoms with van der Waals surface area (Å²) in [5.74, 6) is 0.775. The molecular formula is C16H12F3N3O. The fraction of sp³-hybridized carbons (Fsp3) is 0.0625. The standard InChI is InChI=1S/C16H12F3N3O/c17-16(18,19)14-13(15(20)22-21-14)10-5-4-8-12(9-10)23-11-6-2-1-3-7-11/h1-9H,(H3,20,21,22). The number of nitrogens with one attached hydrogen (secondary N) is 1. The first kappa shape index (κ1) is 15.0. The van der Waals surface area contributed by atoms with Crippen molar-refractivity contribution in [1.29, 1.82) is 0 Å². The van der Waals surface area contributed by atoms with Crippen molar-refractivity contribution in [2.45, 2.75) is 6.18 Å². The molecule has 3 N–H and O–H groups in total. The number of para-hydroxylation sites is 1. The highest BCUT2D eigenvalue weighted by Gasteiger charge is 2.37. The van der Waals surface area contributed by atoms with E-state index in [1.165, 1.54) is 12.1 Å². The van der Waals surface area contributed by atoms with Gasteiger partial charge in [-0.1, -0.05) is 30.3 Å². The number of ether oxygens (including phenoxy) is 1. The predicted molar refractivity (Wildman–Crippen MR) is 80.0 cm³/mol. The molecule has 23 heavy (non-hydrogen) atoms. The molecule has 3 aromatic rings. The van der Waals surface area contributed by atoms with Crippen LogP contribution in [0.3, 0.4) is 0 Å². The number of alkyl halides is 3. The van der Waals surface area contributed by atoms with Crippen LogP contribution in [0.2, 0.25) is 0 Å². The van der Waals surface area contributed by atoms with E-state index in [-0.39, 0.29) is 16.9 Å². The Morgan fingerprint density at radius 2 is 1.65 bits per heavy atom. The minimum absolute atomic E-state index is 0.184. The summed E-state index contributed by atoms with van der Waals surface area (Å²) in [6.07, 6.45) is -4.57. The van der Waals surface area contributed by atoms with E-state index in [2.05, 4.69) is 5.10 Å². The van der Waals surface area contributed by atoms with E-state index in [9.17, 15) is 13.2 Å². The largest absolute Gasteiger partial charge is 0.457 e. The normalized spacial score (nSPS) is 11.4. The molecule has 2 aromatic carbocycles. The SMILES string of the molecule is Nc1n[nH]c(C(F)(F)F)c1-c1cccc(Oc2ccccc2)c1. The number of nitrogen functional groups attached to an aromatic ring is 1. The molecule has 0 saturated carbocycles. The highest BCUT2D eigenvalue weighted by Crippen LogP contribution is 2.39. The van der Waals surface area contributed by atoms with Crippen molar-refractivity contribution >= 4 is 5.82 Å². The third-order valence-corrected chi connectivity index (χ3v) is 3.18. The number of nitrogens with two attached hydrogens (primary N) is 1. The summed E-state index contributed by atoms with van der Waals surface area (Å²) < 4.78 is 44.7. The van der Waals surface area contributed by atoms with Gasteiger partial charge in [-0.05, 0) is 29.8 Å². The van der Waals surface area contributed by atoms with Gasteiger partial charge in [-0.3, -0.25) is 5.10 Å². The van der Waals surface area contributed by atoms with Crippen LogP contribution in [0.25, 0.3) is 11.1 Å². The van der Waals surface area contributed by atoms with E-state index in [0.29, 0.717) is 11.5 Å². The molecule has 0 fully saturated rings. The third-order valence-electron chi connectivity index (χ3n) is 3.18. The molecule has 0 saturated heterocycles. The first-order valence-corrected chi connectivity index (χ1v) is 6.69. The highest BCUT2D eigenvalue weighted by molar-refractivity contribution is 5.77. The van der Waals surface area contributed by atoms with E-state index >= 15 is 0 Å². The van der Waals surface area contributed by atoms with Crippen molar-refractivity contribution in [3.63, 3.8) is 0 Å². The van der Waals surface area contributed by atoms with E-state index in [1.807, 2.05) is 11.2 Å². The maximum absolute atomic E-state index is 13.0. The third kappa shape index (κ3) is 3.13. The van der Waals surface area contributed by atoms with Crippen LogP contribution in [0.5, 0.6) is 11.5 Å². The summed E-state index contributed by atoms with van der Waals surface area (Å²) >= 11 is 0.